The summed E-state index contributed by atoms with van der Waals surface area (Å²) in [6.07, 6.45) is 6.76. The molecular weight excluding hydrogens is 569 g/mol. The van der Waals surface area contributed by atoms with E-state index >= 15 is 0 Å². The van der Waals surface area contributed by atoms with E-state index in [1.165, 1.54) is 20.7 Å². The second-order valence-corrected chi connectivity index (χ2v) is 23.0. The van der Waals surface area contributed by atoms with Gasteiger partial charge in [0.05, 0.1) is 0 Å². The minimum atomic E-state index is -2.61. The minimum absolute atomic E-state index is 0.0405. The highest BCUT2D eigenvalue weighted by molar-refractivity contribution is 7.00. The average molecular weight is 619 g/mol. The first-order valence-electron chi connectivity index (χ1n) is 16.2. The Labute approximate surface area is 268 Å². The lowest BCUT2D eigenvalue weighted by molar-refractivity contribution is 0.129. The van der Waals surface area contributed by atoms with Crippen LogP contribution in [0.3, 0.4) is 0 Å². The summed E-state index contributed by atoms with van der Waals surface area (Å²) in [6.45, 7) is 15.6. The van der Waals surface area contributed by atoms with Gasteiger partial charge in [0, 0.05) is 13.2 Å². The van der Waals surface area contributed by atoms with E-state index in [1.54, 1.807) is 0 Å². The van der Waals surface area contributed by atoms with Crippen molar-refractivity contribution in [3.8, 4) is 0 Å². The van der Waals surface area contributed by atoms with E-state index in [4.69, 9.17) is 8.85 Å². The third-order valence-electron chi connectivity index (χ3n) is 9.57. The summed E-state index contributed by atoms with van der Waals surface area (Å²) in [5, 5.41) is 5.27. The van der Waals surface area contributed by atoms with Gasteiger partial charge in [-0.25, -0.2) is 0 Å². The number of rotatable bonds is 10. The zero-order chi connectivity index (χ0) is 31.3. The molecule has 0 heterocycles. The van der Waals surface area contributed by atoms with E-state index in [0.29, 0.717) is 11.8 Å². The maximum absolute atomic E-state index is 7.47. The average Bonchev–Trinajstić information content (AvgIpc) is 3.03. The Hall–Kier alpha value is -3.03. The Balaban J connectivity index is 1.48. The molecule has 0 aromatic heterocycles. The molecule has 0 saturated carbocycles. The number of hydrogen-bond acceptors (Lipinski definition) is 2. The normalized spacial score (nSPS) is 17.9. The van der Waals surface area contributed by atoms with E-state index in [2.05, 4.69) is 175 Å². The van der Waals surface area contributed by atoms with Gasteiger partial charge < -0.3 is 8.85 Å². The zero-order valence-electron chi connectivity index (χ0n) is 27.5. The molecule has 2 atom stereocenters. The highest BCUT2D eigenvalue weighted by Gasteiger charge is 2.52. The molecule has 0 radical (unpaired) electrons. The Morgan fingerprint density at radius 1 is 0.455 bits per heavy atom. The lowest BCUT2D eigenvalue weighted by atomic mass is 9.84. The van der Waals surface area contributed by atoms with Crippen molar-refractivity contribution in [3.05, 3.63) is 133 Å². The minimum Gasteiger partial charge on any atom is -0.407 e. The predicted octanol–water partition coefficient (Wildman–Crippen LogP) is 7.72. The maximum atomic E-state index is 7.47. The number of hydrogen-bond donors (Lipinski definition) is 0. The highest BCUT2D eigenvalue weighted by Crippen LogP contribution is 2.40. The SMILES string of the molecule is CC(C)(C)[Si](OC[C@H]1CC=CC[C@H]1CO[Si](c1ccccc1)(c1ccccc1)C(C)(C)C)(c1ccccc1)c1ccccc1. The van der Waals surface area contributed by atoms with Crippen LogP contribution in [0.25, 0.3) is 0 Å². The molecule has 1 aliphatic carbocycles. The van der Waals surface area contributed by atoms with Crippen LogP contribution in [-0.2, 0) is 8.85 Å². The Morgan fingerprint density at radius 2 is 0.705 bits per heavy atom. The lowest BCUT2D eigenvalue weighted by Gasteiger charge is -2.46. The van der Waals surface area contributed by atoms with Crippen molar-refractivity contribution in [2.45, 2.75) is 64.5 Å². The van der Waals surface area contributed by atoms with Crippen LogP contribution in [0.2, 0.25) is 10.1 Å². The van der Waals surface area contributed by atoms with Gasteiger partial charge in [0.2, 0.25) is 0 Å². The molecule has 0 fully saturated rings. The van der Waals surface area contributed by atoms with Gasteiger partial charge in [0.25, 0.3) is 16.6 Å². The molecule has 4 aromatic rings. The summed E-state index contributed by atoms with van der Waals surface area (Å²) in [4.78, 5) is 0. The molecule has 0 N–H and O–H groups in total. The van der Waals surface area contributed by atoms with Gasteiger partial charge in [-0.15, -0.1) is 0 Å². The number of allylic oxidation sites excluding steroid dienone is 2. The second-order valence-electron chi connectivity index (χ2n) is 14.4. The maximum Gasteiger partial charge on any atom is 0.261 e. The fourth-order valence-corrected chi connectivity index (χ4v) is 16.6. The smallest absolute Gasteiger partial charge is 0.261 e. The molecule has 4 heteroatoms. The van der Waals surface area contributed by atoms with Crippen LogP contribution in [0.15, 0.2) is 133 Å². The summed E-state index contributed by atoms with van der Waals surface area (Å²) < 4.78 is 14.9. The Bertz CT molecular complexity index is 1280. The molecule has 0 amide bonds. The third kappa shape index (κ3) is 6.36. The predicted molar refractivity (Wildman–Crippen MR) is 192 cm³/mol. The van der Waals surface area contributed by atoms with E-state index < -0.39 is 16.6 Å². The Morgan fingerprint density at radius 3 is 0.932 bits per heavy atom. The summed E-state index contributed by atoms with van der Waals surface area (Å²) in [5.41, 5.74) is 0. The van der Waals surface area contributed by atoms with Gasteiger partial charge in [-0.1, -0.05) is 175 Å². The molecular formula is C40H50O2Si2. The fraction of sp³-hybridized carbons (Fsp3) is 0.350. The van der Waals surface area contributed by atoms with Crippen molar-refractivity contribution in [3.63, 3.8) is 0 Å². The number of benzene rings is 4. The van der Waals surface area contributed by atoms with Crippen molar-refractivity contribution in [1.29, 1.82) is 0 Å². The second kappa shape index (κ2) is 13.5. The van der Waals surface area contributed by atoms with Crippen molar-refractivity contribution >= 4 is 37.4 Å². The van der Waals surface area contributed by atoms with Gasteiger partial charge in [-0.3, -0.25) is 0 Å². The molecule has 1 aliphatic rings. The van der Waals surface area contributed by atoms with Crippen molar-refractivity contribution in [1.82, 2.24) is 0 Å². The molecule has 0 saturated heterocycles. The van der Waals surface area contributed by atoms with Crippen LogP contribution < -0.4 is 20.7 Å². The topological polar surface area (TPSA) is 18.5 Å². The van der Waals surface area contributed by atoms with Crippen molar-refractivity contribution in [2.24, 2.45) is 11.8 Å². The Kier molecular flexibility index (Phi) is 9.96. The fourth-order valence-electron chi connectivity index (χ4n) is 7.32. The summed E-state index contributed by atoms with van der Waals surface area (Å²) in [7, 11) is -5.23. The largest absolute Gasteiger partial charge is 0.407 e. The van der Waals surface area contributed by atoms with E-state index in [-0.39, 0.29) is 10.1 Å². The quantitative estimate of drug-likeness (QED) is 0.134. The molecule has 2 nitrogen and oxygen atoms in total. The highest BCUT2D eigenvalue weighted by atomic mass is 28.4. The zero-order valence-corrected chi connectivity index (χ0v) is 29.5. The molecule has 4 aromatic carbocycles. The van der Waals surface area contributed by atoms with E-state index in [1.807, 2.05) is 0 Å². The lowest BCUT2D eigenvalue weighted by Crippen LogP contribution is -2.67. The first-order valence-corrected chi connectivity index (χ1v) is 20.1. The van der Waals surface area contributed by atoms with Crippen LogP contribution in [0.1, 0.15) is 54.4 Å². The molecule has 0 spiro atoms. The molecule has 0 unspecified atom stereocenters. The third-order valence-corrected chi connectivity index (χ3v) is 19.6. The standard InChI is InChI=1S/C40H50O2Si2/c1-39(2,3)43(35-23-11-7-12-24-35,36-25-13-8-14-26-36)41-31-33-21-19-20-22-34(33)32-42-44(40(4,5)6,37-27-15-9-16-28-37)38-29-17-10-18-30-38/h7-20,23-30,33-34H,21-22,31-32H2,1-6H3/t33-,34+. The molecule has 230 valence electrons. The molecule has 0 bridgehead atoms. The van der Waals surface area contributed by atoms with Crippen molar-refractivity contribution < 1.29 is 8.85 Å². The van der Waals surface area contributed by atoms with Crippen LogP contribution in [0.4, 0.5) is 0 Å². The summed E-state index contributed by atoms with van der Waals surface area (Å²) >= 11 is 0. The summed E-state index contributed by atoms with van der Waals surface area (Å²) in [5.74, 6) is 0.778. The summed E-state index contributed by atoms with van der Waals surface area (Å²) in [6, 6.07) is 44.1. The van der Waals surface area contributed by atoms with Gasteiger partial charge in [-0.05, 0) is 55.5 Å². The van der Waals surface area contributed by atoms with E-state index in [9.17, 15) is 0 Å². The van der Waals surface area contributed by atoms with Gasteiger partial charge in [0.15, 0.2) is 0 Å². The van der Waals surface area contributed by atoms with Crippen LogP contribution in [-0.4, -0.2) is 29.8 Å². The molecule has 44 heavy (non-hydrogen) atoms. The van der Waals surface area contributed by atoms with Crippen LogP contribution in [0, 0.1) is 11.8 Å². The van der Waals surface area contributed by atoms with E-state index in [0.717, 1.165) is 26.1 Å². The van der Waals surface area contributed by atoms with Gasteiger partial charge in [-0.2, -0.15) is 0 Å². The van der Waals surface area contributed by atoms with Crippen LogP contribution >= 0.6 is 0 Å². The molecule has 5 rings (SSSR count). The van der Waals surface area contributed by atoms with Crippen LogP contribution in [0.5, 0.6) is 0 Å². The monoisotopic (exact) mass is 618 g/mol. The first-order chi connectivity index (χ1) is 21.1. The van der Waals surface area contributed by atoms with Gasteiger partial charge in [0.1, 0.15) is 0 Å². The first kappa shape index (κ1) is 32.4. The van der Waals surface area contributed by atoms with Crippen molar-refractivity contribution in [2.75, 3.05) is 13.2 Å². The van der Waals surface area contributed by atoms with Gasteiger partial charge >= 0.3 is 0 Å². The molecule has 0 aliphatic heterocycles.